The first kappa shape index (κ1) is 15.6. The molecule has 5 heteroatoms. The Labute approximate surface area is 133 Å². The molecule has 2 nitrogen and oxygen atoms in total. The summed E-state index contributed by atoms with van der Waals surface area (Å²) in [5, 5.41) is 0. The Morgan fingerprint density at radius 1 is 1.04 bits per heavy atom. The minimum absolute atomic E-state index is 0.155. The Hall–Kier alpha value is -2.27. The molecule has 2 N–H and O–H groups in total. The van der Waals surface area contributed by atoms with Crippen molar-refractivity contribution < 1.29 is 13.2 Å². The zero-order valence-corrected chi connectivity index (χ0v) is 12.6. The predicted octanol–water partition coefficient (Wildman–Crippen LogP) is 4.41. The van der Waals surface area contributed by atoms with Gasteiger partial charge in [-0.15, -0.1) is 0 Å². The molecule has 0 amide bonds. The molecule has 1 aliphatic rings. The van der Waals surface area contributed by atoms with Gasteiger partial charge in [0, 0.05) is 24.0 Å². The molecule has 0 fully saturated rings. The van der Waals surface area contributed by atoms with E-state index in [0.29, 0.717) is 5.56 Å². The molecule has 2 aromatic rings. The molecular formula is C18H17F3N2. The number of fused-ring (bicyclic) bond motifs is 1. The maximum atomic E-state index is 13.3. The summed E-state index contributed by atoms with van der Waals surface area (Å²) in [6.45, 7) is 1.99. The van der Waals surface area contributed by atoms with Gasteiger partial charge in [-0.2, -0.15) is 13.2 Å². The Morgan fingerprint density at radius 2 is 1.74 bits per heavy atom. The van der Waals surface area contributed by atoms with Gasteiger partial charge in [0.05, 0.1) is 5.56 Å². The average Bonchev–Trinajstić information content (AvgIpc) is 2.52. The van der Waals surface area contributed by atoms with Gasteiger partial charge in [0.2, 0.25) is 0 Å². The summed E-state index contributed by atoms with van der Waals surface area (Å²) in [5.74, 6) is 0. The molecular weight excluding hydrogens is 301 g/mol. The molecule has 1 aliphatic heterocycles. The van der Waals surface area contributed by atoms with E-state index < -0.39 is 11.7 Å². The van der Waals surface area contributed by atoms with Crippen molar-refractivity contribution >= 4 is 11.8 Å². The normalized spacial score (nSPS) is 15.9. The van der Waals surface area contributed by atoms with E-state index in [2.05, 4.69) is 0 Å². The number of rotatable bonds is 2. The third kappa shape index (κ3) is 2.97. The van der Waals surface area contributed by atoms with E-state index in [-0.39, 0.29) is 18.2 Å². The lowest BCUT2D eigenvalue weighted by molar-refractivity contribution is -0.138. The molecule has 0 saturated carbocycles. The molecule has 0 unspecified atom stereocenters. The number of hydrogen-bond acceptors (Lipinski definition) is 2. The quantitative estimate of drug-likeness (QED) is 0.888. The van der Waals surface area contributed by atoms with Crippen molar-refractivity contribution in [1.82, 2.24) is 0 Å². The first-order valence-corrected chi connectivity index (χ1v) is 7.37. The maximum absolute atomic E-state index is 13.3. The first-order valence-electron chi connectivity index (χ1n) is 7.37. The highest BCUT2D eigenvalue weighted by molar-refractivity contribution is 5.70. The van der Waals surface area contributed by atoms with Crippen molar-refractivity contribution in [2.75, 3.05) is 4.90 Å². The van der Waals surface area contributed by atoms with E-state index in [1.165, 1.54) is 6.07 Å². The number of alkyl halides is 3. The molecule has 1 heterocycles. The van der Waals surface area contributed by atoms with Crippen LogP contribution in [0.4, 0.5) is 18.9 Å². The lowest BCUT2D eigenvalue weighted by Crippen LogP contribution is -2.35. The summed E-state index contributed by atoms with van der Waals surface area (Å²) < 4.78 is 39.9. The summed E-state index contributed by atoms with van der Waals surface area (Å²) in [7, 11) is 0. The Balaban J connectivity index is 2.15. The highest BCUT2D eigenvalue weighted by atomic mass is 19.4. The topological polar surface area (TPSA) is 29.3 Å². The van der Waals surface area contributed by atoms with Crippen molar-refractivity contribution in [3.05, 3.63) is 70.9 Å². The van der Waals surface area contributed by atoms with Gasteiger partial charge in [-0.25, -0.2) is 0 Å². The van der Waals surface area contributed by atoms with Crippen LogP contribution in [0.25, 0.3) is 6.08 Å². The van der Waals surface area contributed by atoms with Gasteiger partial charge in [-0.05, 0) is 42.3 Å². The Morgan fingerprint density at radius 3 is 2.35 bits per heavy atom. The van der Waals surface area contributed by atoms with Crippen LogP contribution in [0.5, 0.6) is 0 Å². The van der Waals surface area contributed by atoms with E-state index in [9.17, 15) is 13.2 Å². The number of nitrogens with two attached hydrogens (primary N) is 1. The van der Waals surface area contributed by atoms with Crippen LogP contribution in [0.15, 0.2) is 54.2 Å². The molecule has 0 bridgehead atoms. The summed E-state index contributed by atoms with van der Waals surface area (Å²) in [4.78, 5) is 1.85. The fourth-order valence-corrected chi connectivity index (χ4v) is 2.89. The zero-order valence-electron chi connectivity index (χ0n) is 12.6. The smallest absolute Gasteiger partial charge is 0.339 e. The monoisotopic (exact) mass is 318 g/mol. The molecule has 1 atom stereocenters. The lowest BCUT2D eigenvalue weighted by Gasteiger charge is -2.35. The number of nitrogens with zero attached hydrogens (tertiary/aromatic N) is 1. The van der Waals surface area contributed by atoms with Crippen LogP contribution < -0.4 is 10.6 Å². The molecule has 2 aromatic carbocycles. The van der Waals surface area contributed by atoms with Gasteiger partial charge in [0.25, 0.3) is 0 Å². The van der Waals surface area contributed by atoms with Gasteiger partial charge < -0.3 is 10.6 Å². The van der Waals surface area contributed by atoms with E-state index >= 15 is 0 Å². The van der Waals surface area contributed by atoms with Crippen molar-refractivity contribution in [2.45, 2.75) is 25.7 Å². The molecule has 0 aliphatic carbocycles. The van der Waals surface area contributed by atoms with Crippen molar-refractivity contribution in [2.24, 2.45) is 5.73 Å². The Kier molecular flexibility index (Phi) is 3.90. The average molecular weight is 318 g/mol. The molecule has 120 valence electrons. The second kappa shape index (κ2) is 5.74. The molecule has 0 saturated heterocycles. The molecule has 23 heavy (non-hydrogen) atoms. The number of halogens is 3. The summed E-state index contributed by atoms with van der Waals surface area (Å²) in [6, 6.07) is 13.3. The highest BCUT2D eigenvalue weighted by Gasteiger charge is 2.36. The minimum Gasteiger partial charge on any atom is -0.339 e. The van der Waals surface area contributed by atoms with E-state index in [1.807, 2.05) is 42.2 Å². The first-order chi connectivity index (χ1) is 10.9. The predicted molar refractivity (Wildman–Crippen MR) is 85.7 cm³/mol. The third-order valence-corrected chi connectivity index (χ3v) is 3.98. The third-order valence-electron chi connectivity index (χ3n) is 3.98. The summed E-state index contributed by atoms with van der Waals surface area (Å²) in [6.07, 6.45) is -2.61. The fourth-order valence-electron chi connectivity index (χ4n) is 2.89. The summed E-state index contributed by atoms with van der Waals surface area (Å²) >= 11 is 0. The van der Waals surface area contributed by atoms with E-state index in [4.69, 9.17) is 5.73 Å². The molecule has 0 spiro atoms. The number of benzene rings is 2. The van der Waals surface area contributed by atoms with Crippen LogP contribution in [0.1, 0.15) is 23.6 Å². The largest absolute Gasteiger partial charge is 0.416 e. The van der Waals surface area contributed by atoms with Crippen LogP contribution in [-0.2, 0) is 12.7 Å². The van der Waals surface area contributed by atoms with Crippen LogP contribution in [0, 0.1) is 0 Å². The number of para-hydroxylation sites is 1. The number of anilines is 1. The second-order valence-electron chi connectivity index (χ2n) is 5.65. The van der Waals surface area contributed by atoms with Crippen LogP contribution in [0.3, 0.4) is 0 Å². The standard InChI is InChI=1S/C18H17F3N2/c1-12(22)17-10-13-6-5-9-16(18(19,20)21)15(13)11-23(17)14-7-3-2-4-8-14/h2-10,12H,11,22H2,1H3/t12-/m0/s1. The highest BCUT2D eigenvalue weighted by Crippen LogP contribution is 2.38. The van der Waals surface area contributed by atoms with Gasteiger partial charge in [0.15, 0.2) is 0 Å². The second-order valence-corrected chi connectivity index (χ2v) is 5.65. The zero-order chi connectivity index (χ0) is 16.6. The fraction of sp³-hybridized carbons (Fsp3) is 0.222. The SMILES string of the molecule is C[C@H](N)C1=Cc2cccc(C(F)(F)F)c2CN1c1ccccc1. The minimum atomic E-state index is -4.37. The molecule has 0 radical (unpaired) electrons. The van der Waals surface area contributed by atoms with E-state index in [0.717, 1.165) is 17.5 Å². The molecule has 3 rings (SSSR count). The van der Waals surface area contributed by atoms with Gasteiger partial charge >= 0.3 is 6.18 Å². The van der Waals surface area contributed by atoms with Crippen LogP contribution >= 0.6 is 0 Å². The van der Waals surface area contributed by atoms with Crippen LogP contribution in [-0.4, -0.2) is 6.04 Å². The summed E-state index contributed by atoms with van der Waals surface area (Å²) in [5.41, 5.74) is 7.97. The van der Waals surface area contributed by atoms with Crippen molar-refractivity contribution in [1.29, 1.82) is 0 Å². The van der Waals surface area contributed by atoms with Gasteiger partial charge in [-0.1, -0.05) is 30.3 Å². The number of hydrogen-bond donors (Lipinski definition) is 1. The van der Waals surface area contributed by atoms with Crippen molar-refractivity contribution in [3.63, 3.8) is 0 Å². The van der Waals surface area contributed by atoms with Gasteiger partial charge in [0.1, 0.15) is 0 Å². The Bertz CT molecular complexity index is 734. The van der Waals surface area contributed by atoms with Crippen LogP contribution in [0.2, 0.25) is 0 Å². The molecule has 0 aromatic heterocycles. The van der Waals surface area contributed by atoms with E-state index in [1.54, 1.807) is 12.1 Å². The van der Waals surface area contributed by atoms with Crippen molar-refractivity contribution in [3.8, 4) is 0 Å². The van der Waals surface area contributed by atoms with Gasteiger partial charge in [-0.3, -0.25) is 0 Å². The maximum Gasteiger partial charge on any atom is 0.416 e. The lowest BCUT2D eigenvalue weighted by atomic mass is 9.94.